The zero-order chi connectivity index (χ0) is 17.0. The molecule has 0 aromatic heterocycles. The molecule has 1 rings (SSSR count). The van der Waals surface area contributed by atoms with Crippen molar-refractivity contribution < 1.29 is 23.5 Å². The lowest BCUT2D eigenvalue weighted by molar-refractivity contribution is -0.0208. The minimum atomic E-state index is -3.84. The molecule has 1 fully saturated rings. The van der Waals surface area contributed by atoms with Gasteiger partial charge in [0.15, 0.2) is 0 Å². The Labute approximate surface area is 142 Å². The number of ether oxygens (including phenoxy) is 2. The normalized spacial score (nSPS) is 30.1. The summed E-state index contributed by atoms with van der Waals surface area (Å²) in [6.07, 6.45) is -0.290. The summed E-state index contributed by atoms with van der Waals surface area (Å²) in [7, 11) is 10.7. The average Bonchev–Trinajstić information content (AvgIpc) is 2.71. The Morgan fingerprint density at radius 3 is 2.77 bits per heavy atom. The third-order valence-corrected chi connectivity index (χ3v) is 7.03. The van der Waals surface area contributed by atoms with Crippen LogP contribution in [0.4, 0.5) is 0 Å². The van der Waals surface area contributed by atoms with Gasteiger partial charge < -0.3 is 24.6 Å². The van der Waals surface area contributed by atoms with Gasteiger partial charge in [-0.2, -0.15) is 0 Å². The Morgan fingerprint density at radius 2 is 2.23 bits per heavy atom. The highest BCUT2D eigenvalue weighted by Gasteiger charge is 2.36. The van der Waals surface area contributed by atoms with Gasteiger partial charge in [-0.3, -0.25) is 4.57 Å². The first-order valence-electron chi connectivity index (χ1n) is 6.86. The van der Waals surface area contributed by atoms with Crippen LogP contribution >= 0.6 is 29.2 Å². The van der Waals surface area contributed by atoms with Gasteiger partial charge in [0.25, 0.3) is 0 Å². The average molecular weight is 365 g/mol. The summed E-state index contributed by atoms with van der Waals surface area (Å²) in [5.41, 5.74) is 5.40. The molecule has 0 aliphatic carbocycles. The van der Waals surface area contributed by atoms with Crippen molar-refractivity contribution in [2.45, 2.75) is 55.8 Å². The highest BCUT2D eigenvalue weighted by Crippen LogP contribution is 2.45. The highest BCUT2D eigenvalue weighted by atomic mass is 33.1. The summed E-state index contributed by atoms with van der Waals surface area (Å²) in [6.45, 7) is 5.14. The molecule has 124 valence electrons. The van der Waals surface area contributed by atoms with E-state index in [0.717, 1.165) is 0 Å². The number of hydrogen-bond donors (Lipinski definition) is 2. The van der Waals surface area contributed by atoms with Gasteiger partial charge in [-0.15, -0.1) is 0 Å². The Hall–Kier alpha value is 0.860. The SMILES string of the molecule is [B][C@H]1C[C@@H](OCSSC([B])(C)C)C(COP(=O)(O)C(C)N)O1. The van der Waals surface area contributed by atoms with Crippen LogP contribution < -0.4 is 5.73 Å². The minimum Gasteiger partial charge on any atom is -0.380 e. The van der Waals surface area contributed by atoms with Gasteiger partial charge >= 0.3 is 7.60 Å². The fourth-order valence-electron chi connectivity index (χ4n) is 1.66. The van der Waals surface area contributed by atoms with E-state index in [9.17, 15) is 9.46 Å². The van der Waals surface area contributed by atoms with E-state index in [1.807, 2.05) is 13.8 Å². The van der Waals surface area contributed by atoms with Crippen LogP contribution in [0.5, 0.6) is 0 Å². The molecule has 6 nitrogen and oxygen atoms in total. The molecular weight excluding hydrogens is 343 g/mol. The standard InChI is InChI=1S/C11H22B2NO5PS2/c1-7(14)20(15,16)18-5-9-8(4-10(12)19-9)17-6-21-22-11(2,3)13/h7-10H,4-6,14H2,1-3H3,(H,15,16)/t7?,8-,9?,10-/m1/s1. The molecule has 1 aliphatic rings. The predicted molar refractivity (Wildman–Crippen MR) is 93.2 cm³/mol. The second kappa shape index (κ2) is 8.81. The van der Waals surface area contributed by atoms with Gasteiger partial charge in [-0.25, -0.2) is 0 Å². The lowest BCUT2D eigenvalue weighted by Crippen LogP contribution is -2.30. The molecule has 4 radical (unpaired) electrons. The van der Waals surface area contributed by atoms with Crippen molar-refractivity contribution in [3.8, 4) is 0 Å². The van der Waals surface area contributed by atoms with E-state index in [1.54, 1.807) is 0 Å². The first kappa shape index (κ1) is 20.9. The summed E-state index contributed by atoms with van der Waals surface area (Å²) >= 11 is 0. The monoisotopic (exact) mass is 365 g/mol. The summed E-state index contributed by atoms with van der Waals surface area (Å²) in [6, 6.07) is -0.476. The van der Waals surface area contributed by atoms with Crippen molar-refractivity contribution in [2.75, 3.05) is 12.5 Å². The van der Waals surface area contributed by atoms with E-state index < -0.39 is 25.5 Å². The van der Waals surface area contributed by atoms with Crippen LogP contribution in [0.1, 0.15) is 27.2 Å². The molecule has 1 heterocycles. The van der Waals surface area contributed by atoms with Crippen molar-refractivity contribution in [1.82, 2.24) is 0 Å². The largest absolute Gasteiger partial charge is 0.380 e. The van der Waals surface area contributed by atoms with Crippen LogP contribution in [0.2, 0.25) is 0 Å². The molecule has 1 aliphatic heterocycles. The fraction of sp³-hybridized carbons (Fsp3) is 1.00. The third-order valence-electron chi connectivity index (χ3n) is 2.77. The van der Waals surface area contributed by atoms with Gasteiger partial charge in [0.2, 0.25) is 0 Å². The first-order chi connectivity index (χ1) is 10.0. The molecule has 3 unspecified atom stereocenters. The fourth-order valence-corrected chi connectivity index (χ4v) is 4.06. The molecule has 11 heteroatoms. The predicted octanol–water partition coefficient (Wildman–Crippen LogP) is 1.41. The van der Waals surface area contributed by atoms with Gasteiger partial charge in [-0.1, -0.05) is 35.4 Å². The van der Waals surface area contributed by atoms with Crippen LogP contribution in [-0.4, -0.2) is 61.8 Å². The molecule has 0 aromatic rings. The van der Waals surface area contributed by atoms with Gasteiger partial charge in [0, 0.05) is 6.00 Å². The number of nitrogens with two attached hydrogens (primary N) is 1. The molecule has 0 bridgehead atoms. The van der Waals surface area contributed by atoms with Crippen LogP contribution in [-0.2, 0) is 18.6 Å². The van der Waals surface area contributed by atoms with E-state index in [1.165, 1.54) is 28.5 Å². The van der Waals surface area contributed by atoms with Gasteiger partial charge in [0.05, 0.1) is 20.6 Å². The van der Waals surface area contributed by atoms with Gasteiger partial charge in [0.1, 0.15) is 25.7 Å². The van der Waals surface area contributed by atoms with Crippen molar-refractivity contribution in [1.29, 1.82) is 0 Å². The molecule has 3 N–H and O–H groups in total. The summed E-state index contributed by atoms with van der Waals surface area (Å²) < 4.78 is 27.5. The Bertz CT molecular complexity index is 399. The molecule has 0 aromatic carbocycles. The van der Waals surface area contributed by atoms with Crippen LogP contribution in [0.15, 0.2) is 0 Å². The second-order valence-corrected chi connectivity index (χ2v) is 10.8. The van der Waals surface area contributed by atoms with Gasteiger partial charge in [-0.05, 0) is 18.0 Å². The smallest absolute Gasteiger partial charge is 0.344 e. The van der Waals surface area contributed by atoms with Crippen molar-refractivity contribution >= 4 is 44.9 Å². The summed E-state index contributed by atoms with van der Waals surface area (Å²) in [5.74, 6) is -0.548. The van der Waals surface area contributed by atoms with Crippen molar-refractivity contribution in [3.63, 3.8) is 0 Å². The van der Waals surface area contributed by atoms with E-state index >= 15 is 0 Å². The third kappa shape index (κ3) is 7.62. The summed E-state index contributed by atoms with van der Waals surface area (Å²) in [5, 5.41) is 0. The van der Waals surface area contributed by atoms with E-state index in [4.69, 9.17) is 35.4 Å². The maximum Gasteiger partial charge on any atom is 0.344 e. The summed E-state index contributed by atoms with van der Waals surface area (Å²) in [4.78, 5) is 9.57. The number of rotatable bonds is 9. The number of hydrogen-bond acceptors (Lipinski definition) is 7. The molecule has 0 spiro atoms. The molecule has 0 amide bonds. The van der Waals surface area contributed by atoms with Crippen LogP contribution in [0, 0.1) is 0 Å². The second-order valence-electron chi connectivity index (χ2n) is 5.68. The zero-order valence-electron chi connectivity index (χ0n) is 13.0. The maximum atomic E-state index is 11.7. The topological polar surface area (TPSA) is 91.0 Å². The lowest BCUT2D eigenvalue weighted by Gasteiger charge is -2.22. The Morgan fingerprint density at radius 1 is 1.59 bits per heavy atom. The zero-order valence-corrected chi connectivity index (χ0v) is 15.5. The first-order valence-corrected chi connectivity index (χ1v) is 10.8. The molecule has 0 saturated carbocycles. The maximum absolute atomic E-state index is 11.7. The highest BCUT2D eigenvalue weighted by molar-refractivity contribution is 8.77. The molecule has 1 saturated heterocycles. The van der Waals surface area contributed by atoms with E-state index in [2.05, 4.69) is 0 Å². The van der Waals surface area contributed by atoms with E-state index in [0.29, 0.717) is 12.4 Å². The van der Waals surface area contributed by atoms with Crippen LogP contribution in [0.25, 0.3) is 0 Å². The molecule has 22 heavy (non-hydrogen) atoms. The minimum absolute atomic E-state index is 0.0894. The van der Waals surface area contributed by atoms with Crippen molar-refractivity contribution in [2.24, 2.45) is 5.73 Å². The molecular formula is C11H22B2NO5PS2. The molecule has 5 atom stereocenters. The lowest BCUT2D eigenvalue weighted by atomic mass is 9.91. The van der Waals surface area contributed by atoms with Crippen LogP contribution in [0.3, 0.4) is 0 Å². The van der Waals surface area contributed by atoms with Crippen molar-refractivity contribution in [3.05, 3.63) is 0 Å². The quantitative estimate of drug-likeness (QED) is 0.208. The Kier molecular flexibility index (Phi) is 8.37. The van der Waals surface area contributed by atoms with E-state index in [-0.39, 0.29) is 17.4 Å². The Balaban J connectivity index is 2.40.